The van der Waals surface area contributed by atoms with Crippen molar-refractivity contribution in [2.45, 2.75) is 45.4 Å². The number of carbonyl (C=O) groups is 1. The first kappa shape index (κ1) is 15.0. The van der Waals surface area contributed by atoms with E-state index in [4.69, 9.17) is 5.73 Å². The Morgan fingerprint density at radius 2 is 1.85 bits per heavy atom. The van der Waals surface area contributed by atoms with Gasteiger partial charge in [0.05, 0.1) is 0 Å². The molecule has 1 aromatic rings. The Bertz CT molecular complexity index is 421. The van der Waals surface area contributed by atoms with Gasteiger partial charge in [0.2, 0.25) is 5.91 Å². The largest absolute Gasteiger partial charge is 0.329 e. The molecule has 0 bridgehead atoms. The van der Waals surface area contributed by atoms with E-state index in [1.807, 2.05) is 4.90 Å². The second-order valence-electron chi connectivity index (χ2n) is 5.63. The molecule has 2 N–H and O–H groups in total. The first-order valence-electron chi connectivity index (χ1n) is 7.86. The predicted octanol–water partition coefficient (Wildman–Crippen LogP) is 3.12. The molecule has 1 fully saturated rings. The number of nitrogens with two attached hydrogens (primary N) is 1. The van der Waals surface area contributed by atoms with Gasteiger partial charge in [-0.05, 0) is 37.0 Å². The SMILES string of the molecule is CCc1ccc(N(CCN)C(=O)C2CCCCC2)cc1. The van der Waals surface area contributed by atoms with E-state index < -0.39 is 0 Å². The van der Waals surface area contributed by atoms with E-state index in [1.165, 1.54) is 24.8 Å². The van der Waals surface area contributed by atoms with E-state index in [0.29, 0.717) is 13.1 Å². The summed E-state index contributed by atoms with van der Waals surface area (Å²) >= 11 is 0. The van der Waals surface area contributed by atoms with Gasteiger partial charge >= 0.3 is 0 Å². The summed E-state index contributed by atoms with van der Waals surface area (Å²) in [6.45, 7) is 3.26. The molecule has 3 nitrogen and oxygen atoms in total. The van der Waals surface area contributed by atoms with Crippen molar-refractivity contribution in [2.75, 3.05) is 18.0 Å². The summed E-state index contributed by atoms with van der Waals surface area (Å²) in [5.41, 5.74) is 7.98. The zero-order valence-electron chi connectivity index (χ0n) is 12.5. The van der Waals surface area contributed by atoms with Crippen LogP contribution in [0.1, 0.15) is 44.6 Å². The minimum atomic E-state index is 0.196. The number of hydrogen-bond donors (Lipinski definition) is 1. The van der Waals surface area contributed by atoms with Crippen LogP contribution in [0, 0.1) is 5.92 Å². The molecule has 0 aliphatic heterocycles. The van der Waals surface area contributed by atoms with Crippen LogP contribution in [-0.2, 0) is 11.2 Å². The number of benzene rings is 1. The zero-order valence-corrected chi connectivity index (χ0v) is 12.5. The Balaban J connectivity index is 2.13. The molecule has 0 radical (unpaired) electrons. The number of rotatable bonds is 5. The van der Waals surface area contributed by atoms with Crippen LogP contribution in [0.25, 0.3) is 0 Å². The molecule has 0 saturated heterocycles. The van der Waals surface area contributed by atoms with Crippen molar-refractivity contribution < 1.29 is 4.79 Å². The minimum absolute atomic E-state index is 0.196. The molecule has 0 heterocycles. The van der Waals surface area contributed by atoms with E-state index in [2.05, 4.69) is 31.2 Å². The highest BCUT2D eigenvalue weighted by molar-refractivity contribution is 5.95. The number of anilines is 1. The molecule has 0 aromatic heterocycles. The minimum Gasteiger partial charge on any atom is -0.329 e. The van der Waals surface area contributed by atoms with Gasteiger partial charge in [-0.15, -0.1) is 0 Å². The van der Waals surface area contributed by atoms with Crippen LogP contribution in [0.4, 0.5) is 5.69 Å². The Morgan fingerprint density at radius 3 is 2.40 bits per heavy atom. The van der Waals surface area contributed by atoms with E-state index in [0.717, 1.165) is 24.9 Å². The van der Waals surface area contributed by atoms with Crippen LogP contribution in [0.3, 0.4) is 0 Å². The molecule has 20 heavy (non-hydrogen) atoms. The van der Waals surface area contributed by atoms with Gasteiger partial charge in [0.1, 0.15) is 0 Å². The Morgan fingerprint density at radius 1 is 1.20 bits per heavy atom. The molecule has 0 atom stereocenters. The number of aryl methyl sites for hydroxylation is 1. The zero-order chi connectivity index (χ0) is 14.4. The topological polar surface area (TPSA) is 46.3 Å². The van der Waals surface area contributed by atoms with E-state index in [1.54, 1.807) is 0 Å². The average Bonchev–Trinajstić information content (AvgIpc) is 2.53. The van der Waals surface area contributed by atoms with Gasteiger partial charge in [-0.2, -0.15) is 0 Å². The van der Waals surface area contributed by atoms with Crippen molar-refractivity contribution in [1.82, 2.24) is 0 Å². The molecule has 3 heteroatoms. The maximum atomic E-state index is 12.7. The van der Waals surface area contributed by atoms with Gasteiger partial charge < -0.3 is 10.6 Å². The smallest absolute Gasteiger partial charge is 0.230 e. The van der Waals surface area contributed by atoms with Crippen molar-refractivity contribution in [3.05, 3.63) is 29.8 Å². The monoisotopic (exact) mass is 274 g/mol. The van der Waals surface area contributed by atoms with Crippen LogP contribution in [0.5, 0.6) is 0 Å². The van der Waals surface area contributed by atoms with Gasteiger partial charge in [-0.25, -0.2) is 0 Å². The first-order chi connectivity index (χ1) is 9.76. The van der Waals surface area contributed by atoms with Crippen molar-refractivity contribution in [1.29, 1.82) is 0 Å². The Kier molecular flexibility index (Phi) is 5.60. The van der Waals surface area contributed by atoms with E-state index in [9.17, 15) is 4.79 Å². The number of amides is 1. The third-order valence-corrected chi connectivity index (χ3v) is 4.23. The maximum Gasteiger partial charge on any atom is 0.230 e. The quantitative estimate of drug-likeness (QED) is 0.896. The summed E-state index contributed by atoms with van der Waals surface area (Å²) in [5.74, 6) is 0.459. The summed E-state index contributed by atoms with van der Waals surface area (Å²) in [5, 5.41) is 0. The highest BCUT2D eigenvalue weighted by atomic mass is 16.2. The summed E-state index contributed by atoms with van der Waals surface area (Å²) in [7, 11) is 0. The number of carbonyl (C=O) groups excluding carboxylic acids is 1. The summed E-state index contributed by atoms with van der Waals surface area (Å²) in [4.78, 5) is 14.6. The highest BCUT2D eigenvalue weighted by Crippen LogP contribution is 2.27. The lowest BCUT2D eigenvalue weighted by Crippen LogP contribution is -2.40. The molecule has 0 unspecified atom stereocenters. The normalized spacial score (nSPS) is 16.1. The van der Waals surface area contributed by atoms with Crippen LogP contribution >= 0.6 is 0 Å². The van der Waals surface area contributed by atoms with Crippen molar-refractivity contribution in [3.8, 4) is 0 Å². The van der Waals surface area contributed by atoms with E-state index in [-0.39, 0.29) is 11.8 Å². The fourth-order valence-electron chi connectivity index (χ4n) is 2.98. The van der Waals surface area contributed by atoms with Gasteiger partial charge in [0.25, 0.3) is 0 Å². The first-order valence-corrected chi connectivity index (χ1v) is 7.86. The fraction of sp³-hybridized carbons (Fsp3) is 0.588. The fourth-order valence-corrected chi connectivity index (χ4v) is 2.98. The average molecular weight is 274 g/mol. The number of nitrogens with zero attached hydrogens (tertiary/aromatic N) is 1. The second-order valence-corrected chi connectivity index (χ2v) is 5.63. The molecule has 110 valence electrons. The summed E-state index contributed by atoms with van der Waals surface area (Å²) in [6, 6.07) is 8.31. The standard InChI is InChI=1S/C17H26N2O/c1-2-14-8-10-16(11-9-14)19(13-12-18)17(20)15-6-4-3-5-7-15/h8-11,15H,2-7,12-13,18H2,1H3. The Hall–Kier alpha value is -1.35. The van der Waals surface area contributed by atoms with E-state index >= 15 is 0 Å². The molecule has 1 aliphatic rings. The molecule has 2 rings (SSSR count). The molecular weight excluding hydrogens is 248 g/mol. The lowest BCUT2D eigenvalue weighted by Gasteiger charge is -2.29. The Labute approximate surface area is 122 Å². The third-order valence-electron chi connectivity index (χ3n) is 4.23. The summed E-state index contributed by atoms with van der Waals surface area (Å²) in [6.07, 6.45) is 6.72. The third kappa shape index (κ3) is 3.60. The van der Waals surface area contributed by atoms with Gasteiger partial charge in [-0.1, -0.05) is 38.3 Å². The van der Waals surface area contributed by atoms with Crippen molar-refractivity contribution in [2.24, 2.45) is 11.7 Å². The van der Waals surface area contributed by atoms with Crippen LogP contribution in [0.15, 0.2) is 24.3 Å². The van der Waals surface area contributed by atoms with Crippen LogP contribution in [0.2, 0.25) is 0 Å². The lowest BCUT2D eigenvalue weighted by atomic mass is 9.88. The van der Waals surface area contributed by atoms with Crippen molar-refractivity contribution in [3.63, 3.8) is 0 Å². The predicted molar refractivity (Wildman–Crippen MR) is 83.8 cm³/mol. The van der Waals surface area contributed by atoms with Crippen LogP contribution < -0.4 is 10.6 Å². The molecule has 1 saturated carbocycles. The molecule has 1 amide bonds. The highest BCUT2D eigenvalue weighted by Gasteiger charge is 2.26. The van der Waals surface area contributed by atoms with Gasteiger partial charge in [0.15, 0.2) is 0 Å². The molecule has 0 spiro atoms. The van der Waals surface area contributed by atoms with Crippen LogP contribution in [-0.4, -0.2) is 19.0 Å². The summed E-state index contributed by atoms with van der Waals surface area (Å²) < 4.78 is 0. The molecule has 1 aromatic carbocycles. The lowest BCUT2D eigenvalue weighted by molar-refractivity contribution is -0.123. The maximum absolute atomic E-state index is 12.7. The van der Waals surface area contributed by atoms with Gasteiger partial charge in [0, 0.05) is 24.7 Å². The molecular formula is C17H26N2O. The van der Waals surface area contributed by atoms with Crippen molar-refractivity contribution >= 4 is 11.6 Å². The molecule has 1 aliphatic carbocycles. The second kappa shape index (κ2) is 7.44. The number of hydrogen-bond acceptors (Lipinski definition) is 2. The van der Waals surface area contributed by atoms with Gasteiger partial charge in [-0.3, -0.25) is 4.79 Å².